The summed E-state index contributed by atoms with van der Waals surface area (Å²) in [4.78, 5) is 12.2. The first-order chi connectivity index (χ1) is 13.8. The van der Waals surface area contributed by atoms with Crippen LogP contribution in [0.25, 0.3) is 10.8 Å². The van der Waals surface area contributed by atoms with Crippen LogP contribution in [0.1, 0.15) is 11.1 Å². The molecule has 0 amide bonds. The van der Waals surface area contributed by atoms with Gasteiger partial charge in [0, 0.05) is 6.42 Å². The summed E-state index contributed by atoms with van der Waals surface area (Å²) in [5.41, 5.74) is 2.23. The molecular weight excluding hydrogens is 348 g/mol. The number of fused-ring (bicyclic) bond motifs is 1. The van der Waals surface area contributed by atoms with Gasteiger partial charge in [0.1, 0.15) is 11.5 Å². The number of esters is 1. The number of benzene rings is 4. The Bertz CT molecular complexity index is 1090. The Hall–Kier alpha value is -3.59. The Morgan fingerprint density at radius 3 is 2.29 bits per heavy atom. The van der Waals surface area contributed by atoms with Crippen LogP contribution in [-0.2, 0) is 11.2 Å². The minimum absolute atomic E-state index is 0.140. The molecule has 0 bridgehead atoms. The highest BCUT2D eigenvalue weighted by molar-refractivity contribution is 5.84. The highest BCUT2D eigenvalue weighted by atomic mass is 16.6. The molecule has 4 aromatic carbocycles. The van der Waals surface area contributed by atoms with E-state index in [0.717, 1.165) is 22.8 Å². The van der Waals surface area contributed by atoms with Crippen LogP contribution in [0, 0.1) is 0 Å². The topological polar surface area (TPSA) is 35.5 Å². The van der Waals surface area contributed by atoms with Gasteiger partial charge in [0.2, 0.25) is 0 Å². The van der Waals surface area contributed by atoms with Gasteiger partial charge >= 0.3 is 5.97 Å². The molecule has 0 aliphatic carbocycles. The molecule has 0 unspecified atom stereocenters. The van der Waals surface area contributed by atoms with Crippen molar-refractivity contribution in [3.63, 3.8) is 0 Å². The van der Waals surface area contributed by atoms with Crippen molar-refractivity contribution >= 4 is 16.7 Å². The fourth-order valence-corrected chi connectivity index (χ4v) is 3.13. The molecule has 0 N–H and O–H groups in total. The summed E-state index contributed by atoms with van der Waals surface area (Å²) in [6.07, 6.45) is 0.747. The van der Waals surface area contributed by atoms with Gasteiger partial charge < -0.3 is 9.47 Å². The second kappa shape index (κ2) is 8.40. The van der Waals surface area contributed by atoms with Crippen LogP contribution in [0.3, 0.4) is 0 Å². The van der Waals surface area contributed by atoms with Crippen LogP contribution in [0.15, 0.2) is 97.1 Å². The monoisotopic (exact) mass is 368 g/mol. The molecule has 0 saturated carbocycles. The minimum atomic E-state index is -0.426. The molecule has 0 heterocycles. The standard InChI is InChI=1S/C25H20O3/c26-25(28-23-15-14-20-10-4-5-11-21(20)17-23)18-27-24-13-7-6-12-22(24)16-19-8-2-1-3-9-19/h1-15,17H,16,18H2. The molecule has 0 aliphatic rings. The first-order valence-corrected chi connectivity index (χ1v) is 9.22. The lowest BCUT2D eigenvalue weighted by molar-refractivity contribution is -0.136. The quantitative estimate of drug-likeness (QED) is 0.337. The summed E-state index contributed by atoms with van der Waals surface area (Å²) in [7, 11) is 0. The van der Waals surface area contributed by atoms with E-state index in [1.54, 1.807) is 6.07 Å². The Balaban J connectivity index is 1.40. The molecule has 3 nitrogen and oxygen atoms in total. The second-order valence-corrected chi connectivity index (χ2v) is 6.54. The van der Waals surface area contributed by atoms with Crippen molar-refractivity contribution in [2.24, 2.45) is 0 Å². The molecule has 0 aromatic heterocycles. The van der Waals surface area contributed by atoms with E-state index in [-0.39, 0.29) is 6.61 Å². The van der Waals surface area contributed by atoms with Crippen molar-refractivity contribution in [1.29, 1.82) is 0 Å². The molecule has 4 aromatic rings. The van der Waals surface area contributed by atoms with Gasteiger partial charge in [-0.1, -0.05) is 78.9 Å². The Labute approximate surface area is 164 Å². The normalized spacial score (nSPS) is 10.6. The summed E-state index contributed by atoms with van der Waals surface area (Å²) >= 11 is 0. The average molecular weight is 368 g/mol. The molecule has 0 fully saturated rings. The average Bonchev–Trinajstić information content (AvgIpc) is 2.74. The molecule has 0 saturated heterocycles. The maximum absolute atomic E-state index is 12.2. The molecule has 0 aliphatic heterocycles. The van der Waals surface area contributed by atoms with E-state index in [1.807, 2.05) is 78.9 Å². The van der Waals surface area contributed by atoms with Crippen LogP contribution < -0.4 is 9.47 Å². The van der Waals surface area contributed by atoms with E-state index < -0.39 is 5.97 Å². The zero-order valence-corrected chi connectivity index (χ0v) is 15.4. The Morgan fingerprint density at radius 2 is 1.43 bits per heavy atom. The van der Waals surface area contributed by atoms with Crippen LogP contribution in [0.2, 0.25) is 0 Å². The summed E-state index contributed by atoms with van der Waals surface area (Å²) in [6, 6.07) is 31.5. The smallest absolute Gasteiger partial charge is 0.349 e. The van der Waals surface area contributed by atoms with Crippen molar-refractivity contribution in [2.75, 3.05) is 6.61 Å². The number of para-hydroxylation sites is 1. The lowest BCUT2D eigenvalue weighted by Gasteiger charge is -2.11. The third kappa shape index (κ3) is 4.38. The highest BCUT2D eigenvalue weighted by Crippen LogP contribution is 2.23. The second-order valence-electron chi connectivity index (χ2n) is 6.54. The van der Waals surface area contributed by atoms with Gasteiger partial charge in [-0.05, 0) is 40.1 Å². The third-order valence-electron chi connectivity index (χ3n) is 4.51. The van der Waals surface area contributed by atoms with Gasteiger partial charge in [-0.15, -0.1) is 0 Å². The van der Waals surface area contributed by atoms with Crippen molar-refractivity contribution in [3.8, 4) is 11.5 Å². The van der Waals surface area contributed by atoms with E-state index in [1.165, 1.54) is 5.56 Å². The van der Waals surface area contributed by atoms with Crippen molar-refractivity contribution in [1.82, 2.24) is 0 Å². The summed E-state index contributed by atoms with van der Waals surface area (Å²) in [5, 5.41) is 2.13. The highest BCUT2D eigenvalue weighted by Gasteiger charge is 2.10. The fourth-order valence-electron chi connectivity index (χ4n) is 3.13. The van der Waals surface area contributed by atoms with E-state index in [2.05, 4.69) is 12.1 Å². The molecule has 0 atom stereocenters. The third-order valence-corrected chi connectivity index (χ3v) is 4.51. The van der Waals surface area contributed by atoms with Gasteiger partial charge in [-0.25, -0.2) is 4.79 Å². The lowest BCUT2D eigenvalue weighted by atomic mass is 10.0. The SMILES string of the molecule is O=C(COc1ccccc1Cc1ccccc1)Oc1ccc2ccccc2c1. The molecule has 0 spiro atoms. The van der Waals surface area contributed by atoms with E-state index in [4.69, 9.17) is 9.47 Å². The molecule has 0 radical (unpaired) electrons. The van der Waals surface area contributed by atoms with Crippen molar-refractivity contribution in [3.05, 3.63) is 108 Å². The van der Waals surface area contributed by atoms with Crippen LogP contribution >= 0.6 is 0 Å². The number of carbonyl (C=O) groups excluding carboxylic acids is 1. The van der Waals surface area contributed by atoms with E-state index >= 15 is 0 Å². The number of ether oxygens (including phenoxy) is 2. The molecule has 138 valence electrons. The van der Waals surface area contributed by atoms with Gasteiger partial charge in [0.05, 0.1) is 0 Å². The van der Waals surface area contributed by atoms with Crippen molar-refractivity contribution < 1.29 is 14.3 Å². The van der Waals surface area contributed by atoms with Gasteiger partial charge in [0.15, 0.2) is 6.61 Å². The first-order valence-electron chi connectivity index (χ1n) is 9.22. The zero-order chi connectivity index (χ0) is 19.2. The fraction of sp³-hybridized carbons (Fsp3) is 0.0800. The van der Waals surface area contributed by atoms with E-state index in [0.29, 0.717) is 11.5 Å². The van der Waals surface area contributed by atoms with Crippen LogP contribution in [0.4, 0.5) is 0 Å². The van der Waals surface area contributed by atoms with Gasteiger partial charge in [-0.2, -0.15) is 0 Å². The molecule has 4 rings (SSSR count). The number of hydrogen-bond acceptors (Lipinski definition) is 3. The predicted octanol–water partition coefficient (Wildman–Crippen LogP) is 5.42. The molecule has 28 heavy (non-hydrogen) atoms. The largest absolute Gasteiger partial charge is 0.482 e. The van der Waals surface area contributed by atoms with Crippen molar-refractivity contribution in [2.45, 2.75) is 6.42 Å². The summed E-state index contributed by atoms with van der Waals surface area (Å²) < 4.78 is 11.2. The molecule has 3 heteroatoms. The molecular formula is C25H20O3. The summed E-state index contributed by atoms with van der Waals surface area (Å²) in [5.74, 6) is 0.788. The Kier molecular flexibility index (Phi) is 5.34. The van der Waals surface area contributed by atoms with Crippen LogP contribution in [-0.4, -0.2) is 12.6 Å². The van der Waals surface area contributed by atoms with Crippen LogP contribution in [0.5, 0.6) is 11.5 Å². The maximum Gasteiger partial charge on any atom is 0.349 e. The minimum Gasteiger partial charge on any atom is -0.482 e. The number of hydrogen-bond donors (Lipinski definition) is 0. The summed E-state index contributed by atoms with van der Waals surface area (Å²) in [6.45, 7) is -0.140. The zero-order valence-electron chi connectivity index (χ0n) is 15.4. The Morgan fingerprint density at radius 1 is 0.714 bits per heavy atom. The van der Waals surface area contributed by atoms with Gasteiger partial charge in [0.25, 0.3) is 0 Å². The lowest BCUT2D eigenvalue weighted by Crippen LogP contribution is -2.18. The van der Waals surface area contributed by atoms with E-state index in [9.17, 15) is 4.79 Å². The number of carbonyl (C=O) groups is 1. The van der Waals surface area contributed by atoms with Gasteiger partial charge in [-0.3, -0.25) is 0 Å². The number of rotatable bonds is 6. The first kappa shape index (κ1) is 17.8. The maximum atomic E-state index is 12.2. The predicted molar refractivity (Wildman–Crippen MR) is 111 cm³/mol.